The van der Waals surface area contributed by atoms with Crippen LogP contribution < -0.4 is 0 Å². The highest BCUT2D eigenvalue weighted by molar-refractivity contribution is 5.96. The van der Waals surface area contributed by atoms with Crippen LogP contribution >= 0.6 is 0 Å². The molecule has 2 aromatic heterocycles. The first kappa shape index (κ1) is 10.3. The summed E-state index contributed by atoms with van der Waals surface area (Å²) in [5, 5.41) is 7.03. The number of aromatic nitrogens is 3. The van der Waals surface area contributed by atoms with Gasteiger partial charge in [-0.3, -0.25) is 0 Å². The summed E-state index contributed by atoms with van der Waals surface area (Å²) in [6.07, 6.45) is 3.70. The summed E-state index contributed by atoms with van der Waals surface area (Å²) in [7, 11) is 0. The number of nitrogens with zero attached hydrogens (tertiary/aromatic N) is 3. The van der Waals surface area contributed by atoms with E-state index in [0.29, 0.717) is 0 Å². The SMILES string of the molecule is c1ccc2c(-c3cc4ncccn4n3)cccc2c1. The molecule has 0 spiro atoms. The minimum atomic E-state index is 0.866. The normalized spacial score (nSPS) is 11.2. The number of fused-ring (bicyclic) bond motifs is 2. The Morgan fingerprint density at radius 2 is 1.79 bits per heavy atom. The highest BCUT2D eigenvalue weighted by Crippen LogP contribution is 2.27. The summed E-state index contributed by atoms with van der Waals surface area (Å²) in [5.41, 5.74) is 2.96. The summed E-state index contributed by atoms with van der Waals surface area (Å²) >= 11 is 0. The molecular weight excluding hydrogens is 234 g/mol. The Labute approximate surface area is 110 Å². The second-order valence-corrected chi connectivity index (χ2v) is 4.48. The van der Waals surface area contributed by atoms with Crippen LogP contribution in [0.1, 0.15) is 0 Å². The van der Waals surface area contributed by atoms with Crippen molar-refractivity contribution in [1.82, 2.24) is 14.6 Å². The van der Waals surface area contributed by atoms with Crippen molar-refractivity contribution in [2.75, 3.05) is 0 Å². The van der Waals surface area contributed by atoms with E-state index in [1.807, 2.05) is 18.3 Å². The van der Waals surface area contributed by atoms with Gasteiger partial charge in [-0.25, -0.2) is 9.50 Å². The van der Waals surface area contributed by atoms with Gasteiger partial charge in [0.05, 0.1) is 5.69 Å². The molecule has 0 amide bonds. The van der Waals surface area contributed by atoms with Gasteiger partial charge < -0.3 is 0 Å². The van der Waals surface area contributed by atoms with Gasteiger partial charge in [0.2, 0.25) is 0 Å². The molecule has 2 heterocycles. The lowest BCUT2D eigenvalue weighted by Gasteiger charge is -2.02. The van der Waals surface area contributed by atoms with E-state index >= 15 is 0 Å². The van der Waals surface area contributed by atoms with E-state index in [4.69, 9.17) is 0 Å². The molecule has 4 aromatic rings. The fourth-order valence-corrected chi connectivity index (χ4v) is 2.41. The van der Waals surface area contributed by atoms with Crippen LogP contribution in [0.3, 0.4) is 0 Å². The zero-order valence-corrected chi connectivity index (χ0v) is 10.2. The Bertz CT molecular complexity index is 839. The van der Waals surface area contributed by atoms with Gasteiger partial charge in [-0.05, 0) is 16.8 Å². The first-order chi connectivity index (χ1) is 9.42. The summed E-state index contributed by atoms with van der Waals surface area (Å²) in [6, 6.07) is 18.5. The third kappa shape index (κ3) is 1.59. The van der Waals surface area contributed by atoms with Crippen LogP contribution in [0.2, 0.25) is 0 Å². The molecule has 2 aromatic carbocycles. The van der Waals surface area contributed by atoms with Gasteiger partial charge in [-0.2, -0.15) is 5.10 Å². The Balaban J connectivity index is 2.03. The van der Waals surface area contributed by atoms with E-state index in [9.17, 15) is 0 Å². The Hall–Kier alpha value is -2.68. The second-order valence-electron chi connectivity index (χ2n) is 4.48. The largest absolute Gasteiger partial charge is 0.237 e. The lowest BCUT2D eigenvalue weighted by atomic mass is 10.0. The number of benzene rings is 2. The number of hydrogen-bond acceptors (Lipinski definition) is 2. The molecule has 0 aliphatic carbocycles. The Kier molecular flexibility index (Phi) is 2.12. The molecule has 0 aliphatic rings. The van der Waals surface area contributed by atoms with Crippen LogP contribution in [-0.4, -0.2) is 14.6 Å². The molecule has 4 rings (SSSR count). The van der Waals surface area contributed by atoms with Crippen LogP contribution in [-0.2, 0) is 0 Å². The van der Waals surface area contributed by atoms with E-state index in [-0.39, 0.29) is 0 Å². The van der Waals surface area contributed by atoms with Gasteiger partial charge in [0, 0.05) is 24.0 Å². The van der Waals surface area contributed by atoms with Crippen molar-refractivity contribution in [3.8, 4) is 11.3 Å². The average Bonchev–Trinajstić information content (AvgIpc) is 2.90. The van der Waals surface area contributed by atoms with Crippen LogP contribution in [0.5, 0.6) is 0 Å². The zero-order chi connectivity index (χ0) is 12.7. The summed E-state index contributed by atoms with van der Waals surface area (Å²) in [5.74, 6) is 0. The fourth-order valence-electron chi connectivity index (χ4n) is 2.41. The van der Waals surface area contributed by atoms with Crippen molar-refractivity contribution in [2.24, 2.45) is 0 Å². The molecule has 0 N–H and O–H groups in total. The minimum absolute atomic E-state index is 0.866. The van der Waals surface area contributed by atoms with Crippen molar-refractivity contribution in [3.05, 3.63) is 67.0 Å². The zero-order valence-electron chi connectivity index (χ0n) is 10.2. The molecule has 19 heavy (non-hydrogen) atoms. The summed E-state index contributed by atoms with van der Waals surface area (Å²) in [4.78, 5) is 4.31. The van der Waals surface area contributed by atoms with Gasteiger partial charge in [0.1, 0.15) is 0 Å². The van der Waals surface area contributed by atoms with Crippen molar-refractivity contribution in [1.29, 1.82) is 0 Å². The van der Waals surface area contributed by atoms with Crippen molar-refractivity contribution in [2.45, 2.75) is 0 Å². The molecule has 0 bridgehead atoms. The topological polar surface area (TPSA) is 30.2 Å². The molecule has 3 nitrogen and oxygen atoms in total. The van der Waals surface area contributed by atoms with Crippen LogP contribution in [0.25, 0.3) is 27.7 Å². The number of rotatable bonds is 1. The van der Waals surface area contributed by atoms with E-state index in [0.717, 1.165) is 16.9 Å². The smallest absolute Gasteiger partial charge is 0.155 e. The van der Waals surface area contributed by atoms with E-state index in [2.05, 4.69) is 52.5 Å². The molecule has 0 unspecified atom stereocenters. The van der Waals surface area contributed by atoms with E-state index in [1.165, 1.54) is 10.8 Å². The summed E-state index contributed by atoms with van der Waals surface area (Å²) < 4.78 is 1.80. The molecule has 0 aliphatic heterocycles. The lowest BCUT2D eigenvalue weighted by molar-refractivity contribution is 0.944. The molecule has 0 radical (unpaired) electrons. The maximum Gasteiger partial charge on any atom is 0.155 e. The fraction of sp³-hybridized carbons (Fsp3) is 0. The maximum atomic E-state index is 4.59. The molecule has 0 fully saturated rings. The van der Waals surface area contributed by atoms with Crippen LogP contribution in [0, 0.1) is 0 Å². The second kappa shape index (κ2) is 3.92. The Morgan fingerprint density at radius 3 is 2.74 bits per heavy atom. The standard InChI is InChI=1S/C16H11N3/c1-2-7-13-12(5-1)6-3-8-14(13)15-11-16-17-9-4-10-19(16)18-15/h1-11H. The van der Waals surface area contributed by atoms with Crippen molar-refractivity contribution >= 4 is 16.4 Å². The molecular formula is C16H11N3. The quantitative estimate of drug-likeness (QED) is 0.513. The number of hydrogen-bond donors (Lipinski definition) is 0. The van der Waals surface area contributed by atoms with Crippen LogP contribution in [0.4, 0.5) is 0 Å². The maximum absolute atomic E-state index is 4.59. The average molecular weight is 245 g/mol. The van der Waals surface area contributed by atoms with Gasteiger partial charge in [-0.1, -0.05) is 42.5 Å². The molecule has 0 saturated carbocycles. The molecule has 3 heteroatoms. The van der Waals surface area contributed by atoms with Crippen molar-refractivity contribution in [3.63, 3.8) is 0 Å². The van der Waals surface area contributed by atoms with E-state index < -0.39 is 0 Å². The van der Waals surface area contributed by atoms with Crippen LogP contribution in [0.15, 0.2) is 67.0 Å². The van der Waals surface area contributed by atoms with Gasteiger partial charge >= 0.3 is 0 Å². The predicted octanol–water partition coefficient (Wildman–Crippen LogP) is 3.55. The van der Waals surface area contributed by atoms with Gasteiger partial charge in [0.25, 0.3) is 0 Å². The van der Waals surface area contributed by atoms with E-state index in [1.54, 1.807) is 10.7 Å². The van der Waals surface area contributed by atoms with Gasteiger partial charge in [-0.15, -0.1) is 0 Å². The predicted molar refractivity (Wildman–Crippen MR) is 75.9 cm³/mol. The third-order valence-corrected chi connectivity index (χ3v) is 3.30. The third-order valence-electron chi connectivity index (χ3n) is 3.30. The Morgan fingerprint density at radius 1 is 0.895 bits per heavy atom. The highest BCUT2D eigenvalue weighted by atomic mass is 15.2. The first-order valence-corrected chi connectivity index (χ1v) is 6.20. The monoisotopic (exact) mass is 245 g/mol. The van der Waals surface area contributed by atoms with Gasteiger partial charge in [0.15, 0.2) is 5.65 Å². The first-order valence-electron chi connectivity index (χ1n) is 6.20. The highest BCUT2D eigenvalue weighted by Gasteiger charge is 2.07. The molecule has 0 saturated heterocycles. The summed E-state index contributed by atoms with van der Waals surface area (Å²) in [6.45, 7) is 0. The minimum Gasteiger partial charge on any atom is -0.237 e. The lowest BCUT2D eigenvalue weighted by Crippen LogP contribution is -1.87. The molecule has 90 valence electrons. The molecule has 0 atom stereocenters. The van der Waals surface area contributed by atoms with Crippen molar-refractivity contribution < 1.29 is 0 Å².